The average Bonchev–Trinajstić information content (AvgIpc) is 2.76. The van der Waals surface area contributed by atoms with Crippen molar-refractivity contribution in [3.63, 3.8) is 0 Å². The molecule has 0 saturated carbocycles. The van der Waals surface area contributed by atoms with E-state index in [-0.39, 0.29) is 23.6 Å². The average molecular weight is 413 g/mol. The first kappa shape index (κ1) is 22.6. The van der Waals surface area contributed by atoms with E-state index >= 15 is 0 Å². The monoisotopic (exact) mass is 413 g/mol. The molecular weight excluding hydrogens is 390 g/mol. The van der Waals surface area contributed by atoms with Gasteiger partial charge in [0.15, 0.2) is 19.0 Å². The largest absolute Gasteiger partial charge is 0.482 e. The number of rotatable bonds is 10. The number of ether oxygens (including phenoxy) is 3. The number of ketones is 1. The van der Waals surface area contributed by atoms with Gasteiger partial charge < -0.3 is 19.5 Å². The lowest BCUT2D eigenvalue weighted by Crippen LogP contribution is -2.24. The predicted molar refractivity (Wildman–Crippen MR) is 109 cm³/mol. The van der Waals surface area contributed by atoms with Crippen molar-refractivity contribution >= 4 is 29.3 Å². The molecule has 0 aliphatic rings. The summed E-state index contributed by atoms with van der Waals surface area (Å²) in [5, 5.41) is 2.51. The molecule has 30 heavy (non-hydrogen) atoms. The van der Waals surface area contributed by atoms with Gasteiger partial charge in [-0.15, -0.1) is 0 Å². The van der Waals surface area contributed by atoms with Gasteiger partial charge in [-0.05, 0) is 43.3 Å². The van der Waals surface area contributed by atoms with Crippen molar-refractivity contribution in [3.8, 4) is 5.75 Å². The molecule has 8 heteroatoms. The molecule has 1 N–H and O–H groups in total. The van der Waals surface area contributed by atoms with Crippen LogP contribution in [-0.4, -0.2) is 43.4 Å². The van der Waals surface area contributed by atoms with E-state index < -0.39 is 31.1 Å². The second-order valence-corrected chi connectivity index (χ2v) is 6.06. The van der Waals surface area contributed by atoms with Crippen LogP contribution in [0.2, 0.25) is 0 Å². The molecule has 0 unspecified atom stereocenters. The fourth-order valence-corrected chi connectivity index (χ4v) is 2.44. The summed E-state index contributed by atoms with van der Waals surface area (Å²) in [6, 6.07) is 12.7. The van der Waals surface area contributed by atoms with Crippen molar-refractivity contribution in [2.24, 2.45) is 0 Å². The number of esters is 2. The molecule has 0 fully saturated rings. The van der Waals surface area contributed by atoms with Gasteiger partial charge in [0, 0.05) is 12.0 Å². The van der Waals surface area contributed by atoms with Gasteiger partial charge in [0.2, 0.25) is 0 Å². The molecule has 0 saturated heterocycles. The zero-order chi connectivity index (χ0) is 21.9. The van der Waals surface area contributed by atoms with Crippen LogP contribution >= 0.6 is 0 Å². The van der Waals surface area contributed by atoms with Crippen LogP contribution in [0, 0.1) is 0 Å². The van der Waals surface area contributed by atoms with Crippen molar-refractivity contribution in [2.45, 2.75) is 20.3 Å². The Morgan fingerprint density at radius 2 is 1.57 bits per heavy atom. The van der Waals surface area contributed by atoms with Crippen LogP contribution in [0.25, 0.3) is 0 Å². The number of carbonyl (C=O) groups excluding carboxylic acids is 4. The highest BCUT2D eigenvalue weighted by molar-refractivity contribution is 6.01. The Hall–Kier alpha value is -3.68. The summed E-state index contributed by atoms with van der Waals surface area (Å²) in [4.78, 5) is 47.3. The molecule has 0 bridgehead atoms. The number of nitrogens with one attached hydrogen (secondary N) is 1. The molecule has 2 aromatic carbocycles. The van der Waals surface area contributed by atoms with Crippen LogP contribution in [-0.2, 0) is 19.1 Å². The highest BCUT2D eigenvalue weighted by Crippen LogP contribution is 2.16. The van der Waals surface area contributed by atoms with Gasteiger partial charge in [-0.3, -0.25) is 9.59 Å². The molecule has 0 aliphatic heterocycles. The second-order valence-electron chi connectivity index (χ2n) is 6.06. The van der Waals surface area contributed by atoms with Gasteiger partial charge in [-0.1, -0.05) is 19.1 Å². The molecule has 0 aliphatic carbocycles. The third kappa shape index (κ3) is 6.73. The molecule has 0 heterocycles. The Morgan fingerprint density at radius 1 is 0.867 bits per heavy atom. The molecule has 0 atom stereocenters. The third-order valence-electron chi connectivity index (χ3n) is 3.91. The van der Waals surface area contributed by atoms with E-state index in [9.17, 15) is 19.2 Å². The molecule has 0 spiro atoms. The van der Waals surface area contributed by atoms with Crippen LogP contribution < -0.4 is 10.1 Å². The number of hydrogen-bond donors (Lipinski definition) is 1. The first-order valence-corrected chi connectivity index (χ1v) is 9.42. The summed E-state index contributed by atoms with van der Waals surface area (Å²) in [7, 11) is 0. The fraction of sp³-hybridized carbons (Fsp3) is 0.273. The van der Waals surface area contributed by atoms with E-state index in [2.05, 4.69) is 5.32 Å². The minimum atomic E-state index is -0.738. The zero-order valence-corrected chi connectivity index (χ0v) is 16.8. The molecular formula is C22H23NO7. The molecule has 8 nitrogen and oxygen atoms in total. The van der Waals surface area contributed by atoms with Crippen molar-refractivity contribution in [1.29, 1.82) is 0 Å². The Kier molecular flexibility index (Phi) is 8.56. The SMILES string of the molecule is CCOC(=O)c1ccccc1NC(=O)COC(=O)COc1ccc(C(=O)CC)cc1. The first-order valence-electron chi connectivity index (χ1n) is 9.42. The van der Waals surface area contributed by atoms with Crippen molar-refractivity contribution in [2.75, 3.05) is 25.1 Å². The van der Waals surface area contributed by atoms with Gasteiger partial charge in [-0.2, -0.15) is 0 Å². The van der Waals surface area contributed by atoms with Crippen LogP contribution in [0.5, 0.6) is 5.75 Å². The van der Waals surface area contributed by atoms with Gasteiger partial charge >= 0.3 is 11.9 Å². The smallest absolute Gasteiger partial charge is 0.344 e. The van der Waals surface area contributed by atoms with Crippen LogP contribution in [0.15, 0.2) is 48.5 Å². The Morgan fingerprint density at radius 3 is 2.23 bits per heavy atom. The maximum Gasteiger partial charge on any atom is 0.344 e. The van der Waals surface area contributed by atoms with Gasteiger partial charge in [0.1, 0.15) is 5.75 Å². The summed E-state index contributed by atoms with van der Waals surface area (Å²) < 4.78 is 15.1. The Balaban J connectivity index is 1.80. The highest BCUT2D eigenvalue weighted by Gasteiger charge is 2.15. The lowest BCUT2D eigenvalue weighted by molar-refractivity contribution is -0.149. The molecule has 2 aromatic rings. The van der Waals surface area contributed by atoms with Crippen molar-refractivity contribution in [3.05, 3.63) is 59.7 Å². The number of Topliss-reactive ketones (excluding diaryl/α,β-unsaturated/α-hetero) is 1. The standard InChI is InChI=1S/C22H23NO7/c1-3-19(24)15-9-11-16(12-10-15)29-14-21(26)30-13-20(25)23-18-8-6-5-7-17(18)22(27)28-4-2/h5-12H,3-4,13-14H2,1-2H3,(H,23,25). The first-order chi connectivity index (χ1) is 14.4. The van der Waals surface area contributed by atoms with E-state index in [1.165, 1.54) is 6.07 Å². The van der Waals surface area contributed by atoms with Gasteiger partial charge in [0.05, 0.1) is 17.9 Å². The molecule has 158 valence electrons. The Bertz CT molecular complexity index is 906. The minimum Gasteiger partial charge on any atom is -0.482 e. The lowest BCUT2D eigenvalue weighted by Gasteiger charge is -2.11. The predicted octanol–water partition coefficient (Wildman–Crippen LogP) is 3.02. The molecule has 0 radical (unpaired) electrons. The summed E-state index contributed by atoms with van der Waals surface area (Å²) in [6.07, 6.45) is 0.402. The normalized spacial score (nSPS) is 10.1. The molecule has 0 aromatic heterocycles. The topological polar surface area (TPSA) is 108 Å². The van der Waals surface area contributed by atoms with Crippen LogP contribution in [0.3, 0.4) is 0 Å². The van der Waals surface area contributed by atoms with E-state index in [0.717, 1.165) is 0 Å². The summed E-state index contributed by atoms with van der Waals surface area (Å²) in [6.45, 7) is 2.72. The number of para-hydroxylation sites is 1. The molecule has 1 amide bonds. The quantitative estimate of drug-likeness (QED) is 0.471. The maximum absolute atomic E-state index is 12.0. The lowest BCUT2D eigenvalue weighted by atomic mass is 10.1. The number of anilines is 1. The summed E-state index contributed by atoms with van der Waals surface area (Å²) in [5.74, 6) is -1.51. The number of hydrogen-bond acceptors (Lipinski definition) is 7. The Labute approximate surface area is 174 Å². The number of carbonyl (C=O) groups is 4. The van der Waals surface area contributed by atoms with E-state index in [1.54, 1.807) is 56.3 Å². The fourth-order valence-electron chi connectivity index (χ4n) is 2.44. The third-order valence-corrected chi connectivity index (χ3v) is 3.91. The highest BCUT2D eigenvalue weighted by atomic mass is 16.6. The van der Waals surface area contributed by atoms with Crippen LogP contribution in [0.1, 0.15) is 41.0 Å². The number of benzene rings is 2. The maximum atomic E-state index is 12.0. The zero-order valence-electron chi connectivity index (χ0n) is 16.8. The van der Waals surface area contributed by atoms with Gasteiger partial charge in [0.25, 0.3) is 5.91 Å². The van der Waals surface area contributed by atoms with Crippen molar-refractivity contribution < 1.29 is 33.4 Å². The summed E-state index contributed by atoms with van der Waals surface area (Å²) >= 11 is 0. The van der Waals surface area contributed by atoms with E-state index in [1.807, 2.05) is 0 Å². The summed E-state index contributed by atoms with van der Waals surface area (Å²) in [5.41, 5.74) is 1.02. The van der Waals surface area contributed by atoms with E-state index in [0.29, 0.717) is 17.7 Å². The van der Waals surface area contributed by atoms with Gasteiger partial charge in [-0.25, -0.2) is 9.59 Å². The van der Waals surface area contributed by atoms with Crippen molar-refractivity contribution in [1.82, 2.24) is 0 Å². The minimum absolute atomic E-state index is 0.0107. The van der Waals surface area contributed by atoms with Crippen LogP contribution in [0.4, 0.5) is 5.69 Å². The number of amides is 1. The second kappa shape index (κ2) is 11.4. The van der Waals surface area contributed by atoms with E-state index in [4.69, 9.17) is 14.2 Å². The molecule has 2 rings (SSSR count).